The van der Waals surface area contributed by atoms with E-state index in [9.17, 15) is 9.59 Å². The number of nitrogens with two attached hydrogens (primary N) is 2. The van der Waals surface area contributed by atoms with E-state index in [1.165, 1.54) is 6.92 Å². The zero-order valence-corrected chi connectivity index (χ0v) is 7.60. The zero-order chi connectivity index (χ0) is 11.3. The van der Waals surface area contributed by atoms with E-state index < -0.39 is 29.6 Å². The van der Waals surface area contributed by atoms with Crippen molar-refractivity contribution in [1.29, 1.82) is 10.5 Å². The predicted octanol–water partition coefficient (Wildman–Crippen LogP) is -1.13. The second-order valence-corrected chi connectivity index (χ2v) is 2.88. The fourth-order valence-electron chi connectivity index (χ4n) is 1.07. The Morgan fingerprint density at radius 3 is 1.50 bits per heavy atom. The number of hydrogen-bond acceptors (Lipinski definition) is 4. The Morgan fingerprint density at radius 1 is 1.07 bits per heavy atom. The number of amides is 2. The first kappa shape index (κ1) is 11.9. The fourth-order valence-corrected chi connectivity index (χ4v) is 1.07. The monoisotopic (exact) mass is 194 g/mol. The van der Waals surface area contributed by atoms with Crippen molar-refractivity contribution in [3.05, 3.63) is 0 Å². The van der Waals surface area contributed by atoms with Crippen LogP contribution in [0.1, 0.15) is 6.92 Å². The van der Waals surface area contributed by atoms with Gasteiger partial charge in [0, 0.05) is 5.92 Å². The van der Waals surface area contributed by atoms with E-state index in [-0.39, 0.29) is 0 Å². The van der Waals surface area contributed by atoms with Crippen LogP contribution in [-0.2, 0) is 9.59 Å². The summed E-state index contributed by atoms with van der Waals surface area (Å²) >= 11 is 0. The van der Waals surface area contributed by atoms with Gasteiger partial charge in [-0.25, -0.2) is 0 Å². The summed E-state index contributed by atoms with van der Waals surface area (Å²) in [7, 11) is 0. The smallest absolute Gasteiger partial charge is 0.235 e. The number of hydrogen-bond donors (Lipinski definition) is 2. The predicted molar refractivity (Wildman–Crippen MR) is 45.8 cm³/mol. The van der Waals surface area contributed by atoms with E-state index in [1.54, 1.807) is 12.1 Å². The first-order chi connectivity index (χ1) is 6.45. The molecule has 74 valence electrons. The fraction of sp³-hybridized carbons (Fsp3) is 0.500. The molecule has 0 bridgehead atoms. The van der Waals surface area contributed by atoms with Crippen molar-refractivity contribution >= 4 is 11.8 Å². The lowest BCUT2D eigenvalue weighted by atomic mass is 9.83. The molecule has 14 heavy (non-hydrogen) atoms. The van der Waals surface area contributed by atoms with Gasteiger partial charge >= 0.3 is 0 Å². The lowest BCUT2D eigenvalue weighted by Gasteiger charge is -2.16. The van der Waals surface area contributed by atoms with E-state index >= 15 is 0 Å². The number of carbonyl (C=O) groups excluding carboxylic acids is 2. The standard InChI is InChI=1S/C8H10N4O2/c1-4(5(2-9)7(11)13)6(3-10)8(12)14/h4-6H,1H3,(H2,11,13)(H2,12,14)/t4?,5-,6+. The van der Waals surface area contributed by atoms with Gasteiger partial charge < -0.3 is 11.5 Å². The van der Waals surface area contributed by atoms with Crippen LogP contribution in [0.5, 0.6) is 0 Å². The maximum Gasteiger partial charge on any atom is 0.235 e. The van der Waals surface area contributed by atoms with Crippen LogP contribution in [0.2, 0.25) is 0 Å². The lowest BCUT2D eigenvalue weighted by molar-refractivity contribution is -0.124. The molecule has 0 spiro atoms. The van der Waals surface area contributed by atoms with Gasteiger partial charge in [-0.1, -0.05) is 6.92 Å². The third kappa shape index (κ3) is 2.46. The van der Waals surface area contributed by atoms with Gasteiger partial charge in [0.1, 0.15) is 11.8 Å². The minimum atomic E-state index is -1.17. The molecular formula is C8H10N4O2. The van der Waals surface area contributed by atoms with Gasteiger partial charge in [-0.15, -0.1) is 0 Å². The van der Waals surface area contributed by atoms with Crippen LogP contribution in [0.25, 0.3) is 0 Å². The molecule has 0 aromatic rings. The summed E-state index contributed by atoms with van der Waals surface area (Å²) in [5.74, 6) is -4.86. The molecule has 0 radical (unpaired) electrons. The van der Waals surface area contributed by atoms with E-state index in [2.05, 4.69) is 0 Å². The Bertz CT molecular complexity index is 293. The Labute approximate surface area is 81.1 Å². The molecule has 0 aliphatic heterocycles. The largest absolute Gasteiger partial charge is 0.369 e. The highest BCUT2D eigenvalue weighted by Gasteiger charge is 2.32. The summed E-state index contributed by atoms with van der Waals surface area (Å²) in [5, 5.41) is 17.2. The van der Waals surface area contributed by atoms with Gasteiger partial charge in [0.2, 0.25) is 11.8 Å². The highest BCUT2D eigenvalue weighted by molar-refractivity contribution is 5.83. The summed E-state index contributed by atoms with van der Waals surface area (Å²) in [6, 6.07) is 3.28. The maximum absolute atomic E-state index is 10.8. The molecule has 2 amide bonds. The van der Waals surface area contributed by atoms with Crippen LogP contribution in [0.3, 0.4) is 0 Å². The van der Waals surface area contributed by atoms with Crippen LogP contribution in [0, 0.1) is 40.4 Å². The molecule has 0 heterocycles. The van der Waals surface area contributed by atoms with Crippen LogP contribution >= 0.6 is 0 Å². The molecule has 0 saturated carbocycles. The Balaban J connectivity index is 4.84. The third-order valence-corrected chi connectivity index (χ3v) is 1.94. The van der Waals surface area contributed by atoms with E-state index in [1.807, 2.05) is 0 Å². The van der Waals surface area contributed by atoms with Gasteiger partial charge in [0.25, 0.3) is 0 Å². The van der Waals surface area contributed by atoms with Crippen LogP contribution in [-0.4, -0.2) is 11.8 Å². The van der Waals surface area contributed by atoms with Crippen molar-refractivity contribution in [3.8, 4) is 12.1 Å². The number of nitrogens with zero attached hydrogens (tertiary/aromatic N) is 2. The van der Waals surface area contributed by atoms with Crippen molar-refractivity contribution in [2.45, 2.75) is 6.92 Å². The van der Waals surface area contributed by atoms with Crippen molar-refractivity contribution < 1.29 is 9.59 Å². The third-order valence-electron chi connectivity index (χ3n) is 1.94. The van der Waals surface area contributed by atoms with E-state index in [0.717, 1.165) is 0 Å². The summed E-state index contributed by atoms with van der Waals surface area (Å²) in [6.07, 6.45) is 0. The molecule has 0 aromatic carbocycles. The molecule has 0 fully saturated rings. The summed E-state index contributed by atoms with van der Waals surface area (Å²) in [4.78, 5) is 21.5. The molecule has 6 heteroatoms. The summed E-state index contributed by atoms with van der Waals surface area (Å²) in [6.45, 7) is 1.41. The van der Waals surface area contributed by atoms with Crippen molar-refractivity contribution in [2.24, 2.45) is 29.2 Å². The number of rotatable bonds is 4. The normalized spacial score (nSPS) is 15.6. The van der Waals surface area contributed by atoms with E-state index in [4.69, 9.17) is 22.0 Å². The number of carbonyl (C=O) groups is 2. The minimum absolute atomic E-state index is 0.792. The Morgan fingerprint density at radius 2 is 1.36 bits per heavy atom. The molecule has 3 atom stereocenters. The zero-order valence-electron chi connectivity index (χ0n) is 7.60. The van der Waals surface area contributed by atoms with Crippen molar-refractivity contribution in [1.82, 2.24) is 0 Å². The number of primary amides is 2. The van der Waals surface area contributed by atoms with Crippen molar-refractivity contribution in [3.63, 3.8) is 0 Å². The molecule has 0 rings (SSSR count). The first-order valence-corrected chi connectivity index (χ1v) is 3.83. The van der Waals surface area contributed by atoms with Gasteiger partial charge in [-0.3, -0.25) is 9.59 Å². The maximum atomic E-state index is 10.8. The average molecular weight is 194 g/mol. The SMILES string of the molecule is CC([C@H](C#N)C(N)=O)[C@@H](C#N)C(N)=O. The molecule has 0 saturated heterocycles. The van der Waals surface area contributed by atoms with Crippen LogP contribution in [0.15, 0.2) is 0 Å². The lowest BCUT2D eigenvalue weighted by Crippen LogP contribution is -2.36. The molecule has 1 unspecified atom stereocenters. The summed E-state index contributed by atoms with van der Waals surface area (Å²) < 4.78 is 0. The molecule has 0 aliphatic carbocycles. The average Bonchev–Trinajstić information content (AvgIpc) is 2.04. The molecule has 0 aliphatic rings. The van der Waals surface area contributed by atoms with Crippen LogP contribution < -0.4 is 11.5 Å². The van der Waals surface area contributed by atoms with Gasteiger partial charge in [-0.2, -0.15) is 10.5 Å². The quantitative estimate of drug-likeness (QED) is 0.585. The number of nitriles is 2. The Hall–Kier alpha value is -2.08. The highest BCUT2D eigenvalue weighted by atomic mass is 16.1. The van der Waals surface area contributed by atoms with Gasteiger partial charge in [-0.05, 0) is 0 Å². The van der Waals surface area contributed by atoms with Gasteiger partial charge in [0.05, 0.1) is 12.1 Å². The molecular weight excluding hydrogens is 184 g/mol. The topological polar surface area (TPSA) is 134 Å². The Kier molecular flexibility index (Phi) is 4.11. The highest BCUT2D eigenvalue weighted by Crippen LogP contribution is 2.19. The second-order valence-electron chi connectivity index (χ2n) is 2.88. The molecule has 6 nitrogen and oxygen atoms in total. The minimum Gasteiger partial charge on any atom is -0.369 e. The molecule has 0 aromatic heterocycles. The first-order valence-electron chi connectivity index (χ1n) is 3.83. The summed E-state index contributed by atoms with van der Waals surface area (Å²) in [5.41, 5.74) is 9.84. The van der Waals surface area contributed by atoms with E-state index in [0.29, 0.717) is 0 Å². The van der Waals surface area contributed by atoms with Crippen LogP contribution in [0.4, 0.5) is 0 Å². The molecule has 4 N–H and O–H groups in total. The second kappa shape index (κ2) is 4.83. The van der Waals surface area contributed by atoms with Crippen molar-refractivity contribution in [2.75, 3.05) is 0 Å². The van der Waals surface area contributed by atoms with Gasteiger partial charge in [0.15, 0.2) is 0 Å².